The fraction of sp³-hybridized carbons (Fsp3) is 0.200. The number of rotatable bonds is 4. The maximum absolute atomic E-state index is 13.2. The predicted octanol–water partition coefficient (Wildman–Crippen LogP) is 3.63. The number of carbonyl (C=O) groups excluding carboxylic acids is 1. The molecule has 0 radical (unpaired) electrons. The SMILES string of the molecule is CCN(C(=O)Cn1ncc2c1-c1ccccc1OC2)c1ccc(F)cc1. The lowest BCUT2D eigenvalue weighted by Gasteiger charge is -2.23. The normalized spacial score (nSPS) is 12.1. The van der Waals surface area contributed by atoms with Crippen molar-refractivity contribution in [2.75, 3.05) is 11.4 Å². The second kappa shape index (κ2) is 6.63. The van der Waals surface area contributed by atoms with Crippen LogP contribution in [0.5, 0.6) is 5.75 Å². The van der Waals surface area contributed by atoms with Crippen LogP contribution in [0.15, 0.2) is 54.7 Å². The largest absolute Gasteiger partial charge is 0.488 e. The highest BCUT2D eigenvalue weighted by Gasteiger charge is 2.24. The fourth-order valence-corrected chi connectivity index (χ4v) is 3.24. The van der Waals surface area contributed by atoms with Gasteiger partial charge in [-0.1, -0.05) is 12.1 Å². The molecule has 26 heavy (non-hydrogen) atoms. The van der Waals surface area contributed by atoms with E-state index in [-0.39, 0.29) is 18.3 Å². The van der Waals surface area contributed by atoms with Gasteiger partial charge in [0, 0.05) is 23.4 Å². The van der Waals surface area contributed by atoms with Crippen molar-refractivity contribution >= 4 is 11.6 Å². The Labute approximate surface area is 150 Å². The summed E-state index contributed by atoms with van der Waals surface area (Å²) in [4.78, 5) is 14.5. The molecule has 1 aliphatic rings. The molecule has 0 N–H and O–H groups in total. The van der Waals surface area contributed by atoms with Gasteiger partial charge in [-0.25, -0.2) is 4.39 Å². The second-order valence-corrected chi connectivity index (χ2v) is 6.08. The Morgan fingerprint density at radius 3 is 2.77 bits per heavy atom. The highest BCUT2D eigenvalue weighted by Crippen LogP contribution is 2.37. The lowest BCUT2D eigenvalue weighted by molar-refractivity contribution is -0.119. The Morgan fingerprint density at radius 1 is 1.23 bits per heavy atom. The first-order valence-corrected chi connectivity index (χ1v) is 8.50. The van der Waals surface area contributed by atoms with Crippen LogP contribution in [0, 0.1) is 5.82 Å². The predicted molar refractivity (Wildman–Crippen MR) is 96.4 cm³/mol. The number of ether oxygens (including phenoxy) is 1. The van der Waals surface area contributed by atoms with Gasteiger partial charge in [-0.2, -0.15) is 5.10 Å². The Kier molecular flexibility index (Phi) is 4.16. The number of likely N-dealkylation sites (N-methyl/N-ethyl adjacent to an activating group) is 1. The molecule has 0 spiro atoms. The van der Waals surface area contributed by atoms with E-state index in [9.17, 15) is 9.18 Å². The average Bonchev–Trinajstić information content (AvgIpc) is 3.07. The standard InChI is InChI=1S/C20H18FN3O2/c1-2-23(16-9-7-15(21)8-10-16)19(25)12-24-20-14(11-22-24)13-26-18-6-4-3-5-17(18)20/h3-11H,2,12-13H2,1H3. The molecular weight excluding hydrogens is 333 g/mol. The van der Waals surface area contributed by atoms with Crippen LogP contribution in [-0.2, 0) is 17.9 Å². The molecule has 0 saturated carbocycles. The zero-order valence-corrected chi connectivity index (χ0v) is 14.4. The van der Waals surface area contributed by atoms with Crippen molar-refractivity contribution in [2.24, 2.45) is 0 Å². The molecule has 3 aromatic rings. The van der Waals surface area contributed by atoms with Gasteiger partial charge in [0.1, 0.15) is 24.7 Å². The minimum Gasteiger partial charge on any atom is -0.488 e. The Hall–Kier alpha value is -3.15. The summed E-state index contributed by atoms with van der Waals surface area (Å²) in [7, 11) is 0. The minimum absolute atomic E-state index is 0.103. The van der Waals surface area contributed by atoms with Crippen molar-refractivity contribution in [3.63, 3.8) is 0 Å². The smallest absolute Gasteiger partial charge is 0.248 e. The van der Waals surface area contributed by atoms with E-state index in [1.54, 1.807) is 27.9 Å². The zero-order valence-electron chi connectivity index (χ0n) is 14.4. The van der Waals surface area contributed by atoms with Gasteiger partial charge in [0.15, 0.2) is 0 Å². The Bertz CT molecular complexity index is 950. The van der Waals surface area contributed by atoms with Gasteiger partial charge in [-0.3, -0.25) is 9.48 Å². The van der Waals surface area contributed by atoms with Gasteiger partial charge in [0.05, 0.1) is 11.9 Å². The van der Waals surface area contributed by atoms with Gasteiger partial charge >= 0.3 is 0 Å². The van der Waals surface area contributed by atoms with Crippen molar-refractivity contribution in [1.82, 2.24) is 9.78 Å². The van der Waals surface area contributed by atoms with Gasteiger partial charge in [-0.15, -0.1) is 0 Å². The molecule has 0 unspecified atom stereocenters. The number of halogens is 1. The number of benzene rings is 2. The first-order chi connectivity index (χ1) is 12.7. The van der Waals surface area contributed by atoms with Crippen molar-refractivity contribution in [2.45, 2.75) is 20.1 Å². The van der Waals surface area contributed by atoms with E-state index in [0.717, 1.165) is 22.6 Å². The maximum atomic E-state index is 13.2. The quantitative estimate of drug-likeness (QED) is 0.721. The number of hydrogen-bond acceptors (Lipinski definition) is 3. The molecule has 0 bridgehead atoms. The van der Waals surface area contributed by atoms with E-state index in [1.165, 1.54) is 12.1 Å². The van der Waals surface area contributed by atoms with Gasteiger partial charge in [0.25, 0.3) is 0 Å². The van der Waals surface area contributed by atoms with E-state index < -0.39 is 0 Å². The number of fused-ring (bicyclic) bond motifs is 3. The lowest BCUT2D eigenvalue weighted by atomic mass is 10.0. The van der Waals surface area contributed by atoms with E-state index in [4.69, 9.17) is 4.74 Å². The summed E-state index contributed by atoms with van der Waals surface area (Å²) in [5.74, 6) is 0.365. The average molecular weight is 351 g/mol. The van der Waals surface area contributed by atoms with Crippen molar-refractivity contribution in [1.29, 1.82) is 0 Å². The monoisotopic (exact) mass is 351 g/mol. The number of aromatic nitrogens is 2. The van der Waals surface area contributed by atoms with Gasteiger partial charge < -0.3 is 9.64 Å². The summed E-state index contributed by atoms with van der Waals surface area (Å²) in [6.45, 7) is 2.93. The third kappa shape index (κ3) is 2.83. The molecule has 0 fully saturated rings. The topological polar surface area (TPSA) is 47.4 Å². The number of carbonyl (C=O) groups is 1. The molecule has 132 valence electrons. The van der Waals surface area contributed by atoms with E-state index in [0.29, 0.717) is 18.8 Å². The van der Waals surface area contributed by atoms with Gasteiger partial charge in [-0.05, 0) is 43.3 Å². The molecule has 4 rings (SSSR count). The summed E-state index contributed by atoms with van der Waals surface area (Å²) >= 11 is 0. The van der Waals surface area contributed by atoms with E-state index >= 15 is 0 Å². The van der Waals surface area contributed by atoms with Crippen molar-refractivity contribution in [3.05, 3.63) is 66.1 Å². The van der Waals surface area contributed by atoms with Gasteiger partial charge in [0.2, 0.25) is 5.91 Å². The molecule has 5 nitrogen and oxygen atoms in total. The zero-order chi connectivity index (χ0) is 18.1. The van der Waals surface area contributed by atoms with Crippen LogP contribution in [0.3, 0.4) is 0 Å². The highest BCUT2D eigenvalue weighted by atomic mass is 19.1. The Morgan fingerprint density at radius 2 is 2.00 bits per heavy atom. The molecule has 1 amide bonds. The van der Waals surface area contributed by atoms with Crippen LogP contribution >= 0.6 is 0 Å². The summed E-state index contributed by atoms with van der Waals surface area (Å²) < 4.78 is 20.6. The summed E-state index contributed by atoms with van der Waals surface area (Å²) in [5.41, 5.74) is 3.48. The second-order valence-electron chi connectivity index (χ2n) is 6.08. The van der Waals surface area contributed by atoms with Crippen molar-refractivity contribution in [3.8, 4) is 17.0 Å². The van der Waals surface area contributed by atoms with E-state index in [2.05, 4.69) is 5.10 Å². The number of amides is 1. The summed E-state index contributed by atoms with van der Waals surface area (Å²) in [6.07, 6.45) is 1.74. The molecule has 2 aromatic carbocycles. The first-order valence-electron chi connectivity index (χ1n) is 8.50. The summed E-state index contributed by atoms with van der Waals surface area (Å²) in [6, 6.07) is 13.7. The molecule has 0 saturated heterocycles. The van der Waals surface area contributed by atoms with Crippen LogP contribution in [-0.4, -0.2) is 22.2 Å². The van der Waals surface area contributed by atoms with Crippen LogP contribution in [0.2, 0.25) is 0 Å². The third-order valence-corrected chi connectivity index (χ3v) is 4.48. The number of anilines is 1. The molecule has 0 atom stereocenters. The molecule has 6 heteroatoms. The lowest BCUT2D eigenvalue weighted by Crippen LogP contribution is -2.34. The Balaban J connectivity index is 1.63. The van der Waals surface area contributed by atoms with Crippen LogP contribution in [0.1, 0.15) is 12.5 Å². The fourth-order valence-electron chi connectivity index (χ4n) is 3.24. The third-order valence-electron chi connectivity index (χ3n) is 4.48. The summed E-state index contributed by atoms with van der Waals surface area (Å²) in [5, 5.41) is 4.39. The molecule has 2 heterocycles. The van der Waals surface area contributed by atoms with E-state index in [1.807, 2.05) is 31.2 Å². The molecule has 0 aliphatic carbocycles. The first kappa shape index (κ1) is 16.3. The van der Waals surface area contributed by atoms with Crippen LogP contribution < -0.4 is 9.64 Å². The number of nitrogens with zero attached hydrogens (tertiary/aromatic N) is 3. The minimum atomic E-state index is -0.324. The maximum Gasteiger partial charge on any atom is 0.248 e. The number of para-hydroxylation sites is 1. The van der Waals surface area contributed by atoms with Crippen molar-refractivity contribution < 1.29 is 13.9 Å². The molecule has 1 aliphatic heterocycles. The molecular formula is C20H18FN3O2. The van der Waals surface area contributed by atoms with Crippen LogP contribution in [0.4, 0.5) is 10.1 Å². The molecule has 1 aromatic heterocycles. The highest BCUT2D eigenvalue weighted by molar-refractivity contribution is 5.93. The number of hydrogen-bond donors (Lipinski definition) is 0. The van der Waals surface area contributed by atoms with Crippen LogP contribution in [0.25, 0.3) is 11.3 Å².